The van der Waals surface area contributed by atoms with Crippen molar-refractivity contribution in [2.45, 2.75) is 33.4 Å². The predicted molar refractivity (Wildman–Crippen MR) is 122 cm³/mol. The van der Waals surface area contributed by atoms with Crippen LogP contribution in [0, 0.1) is 13.8 Å². The van der Waals surface area contributed by atoms with Gasteiger partial charge in [0.1, 0.15) is 0 Å². The zero-order chi connectivity index (χ0) is 22.7. The van der Waals surface area contributed by atoms with Crippen LogP contribution >= 0.6 is 0 Å². The largest absolute Gasteiger partial charge is 0.449 e. The number of fused-ring (bicyclic) bond motifs is 1. The Bertz CT molecular complexity index is 1120. The van der Waals surface area contributed by atoms with Gasteiger partial charge in [-0.1, -0.05) is 30.3 Å². The lowest BCUT2D eigenvalue weighted by molar-refractivity contribution is -0.141. The second kappa shape index (κ2) is 9.44. The van der Waals surface area contributed by atoms with E-state index in [-0.39, 0.29) is 5.91 Å². The molecule has 0 bridgehead atoms. The van der Waals surface area contributed by atoms with Gasteiger partial charge < -0.3 is 9.64 Å². The smallest absolute Gasteiger partial charge is 0.338 e. The molecule has 1 fully saturated rings. The van der Waals surface area contributed by atoms with Gasteiger partial charge in [-0.3, -0.25) is 9.69 Å². The van der Waals surface area contributed by atoms with E-state index in [0.29, 0.717) is 24.2 Å². The van der Waals surface area contributed by atoms with Crippen LogP contribution < -0.4 is 0 Å². The highest BCUT2D eigenvalue weighted by atomic mass is 16.5. The van der Waals surface area contributed by atoms with E-state index in [1.807, 2.05) is 32.0 Å². The summed E-state index contributed by atoms with van der Waals surface area (Å²) < 4.78 is 5.48. The number of hydrogen-bond donors (Lipinski definition) is 0. The average molecular weight is 433 g/mol. The second-order valence-electron chi connectivity index (χ2n) is 8.23. The summed E-state index contributed by atoms with van der Waals surface area (Å²) in [7, 11) is 0. The van der Waals surface area contributed by atoms with Crippen molar-refractivity contribution in [3.05, 3.63) is 71.0 Å². The number of nitrogens with zero attached hydrogens (tertiary/aromatic N) is 4. The monoisotopic (exact) mass is 432 g/mol. The van der Waals surface area contributed by atoms with Gasteiger partial charge in [0.2, 0.25) is 0 Å². The van der Waals surface area contributed by atoms with Crippen molar-refractivity contribution in [2.75, 3.05) is 26.2 Å². The second-order valence-corrected chi connectivity index (χ2v) is 8.23. The highest BCUT2D eigenvalue weighted by Gasteiger charge is 2.27. The molecule has 1 atom stereocenters. The van der Waals surface area contributed by atoms with Crippen molar-refractivity contribution < 1.29 is 14.3 Å². The fourth-order valence-corrected chi connectivity index (χ4v) is 3.86. The molecule has 1 unspecified atom stereocenters. The van der Waals surface area contributed by atoms with E-state index in [1.54, 1.807) is 30.0 Å². The summed E-state index contributed by atoms with van der Waals surface area (Å²) in [5, 5.41) is 0. The van der Waals surface area contributed by atoms with Crippen molar-refractivity contribution in [1.82, 2.24) is 19.8 Å². The quantitative estimate of drug-likeness (QED) is 0.577. The fourth-order valence-electron chi connectivity index (χ4n) is 3.86. The molecule has 0 aliphatic carbocycles. The van der Waals surface area contributed by atoms with Crippen LogP contribution in [0.25, 0.3) is 11.0 Å². The average Bonchev–Trinajstić information content (AvgIpc) is 2.80. The maximum Gasteiger partial charge on any atom is 0.338 e. The van der Waals surface area contributed by atoms with Gasteiger partial charge >= 0.3 is 5.97 Å². The van der Waals surface area contributed by atoms with Crippen LogP contribution in [0.1, 0.15) is 34.2 Å². The summed E-state index contributed by atoms with van der Waals surface area (Å²) in [4.78, 5) is 38.6. The predicted octanol–water partition coefficient (Wildman–Crippen LogP) is 3.14. The standard InChI is InChI=1S/C25H28N4O3/c1-17-18(2)27-23-15-21(9-10-22(23)26-17)25(31)32-19(3)24(30)29-13-11-28(12-14-29)16-20-7-5-4-6-8-20/h4-10,15,19H,11-14,16H2,1-3H3. The van der Waals surface area contributed by atoms with Crippen LogP contribution in [0.2, 0.25) is 0 Å². The molecular weight excluding hydrogens is 404 g/mol. The Hall–Kier alpha value is -3.32. The molecule has 1 aliphatic rings. The van der Waals surface area contributed by atoms with E-state index in [2.05, 4.69) is 27.0 Å². The first kappa shape index (κ1) is 21.9. The molecule has 3 aromatic rings. The number of aryl methyl sites for hydroxylation is 2. The number of esters is 1. The van der Waals surface area contributed by atoms with Crippen molar-refractivity contribution in [3.8, 4) is 0 Å². The van der Waals surface area contributed by atoms with Gasteiger partial charge in [-0.05, 0) is 44.5 Å². The van der Waals surface area contributed by atoms with Gasteiger partial charge in [-0.2, -0.15) is 0 Å². The number of carbonyl (C=O) groups is 2. The molecule has 4 rings (SSSR count). The van der Waals surface area contributed by atoms with Gasteiger partial charge in [-0.25, -0.2) is 14.8 Å². The molecule has 32 heavy (non-hydrogen) atoms. The Morgan fingerprint density at radius 1 is 0.938 bits per heavy atom. The minimum atomic E-state index is -0.843. The van der Waals surface area contributed by atoms with Crippen LogP contribution in [0.3, 0.4) is 0 Å². The normalized spacial score (nSPS) is 15.5. The van der Waals surface area contributed by atoms with Gasteiger partial charge in [0.25, 0.3) is 5.91 Å². The first-order valence-corrected chi connectivity index (χ1v) is 10.9. The minimum absolute atomic E-state index is 0.162. The van der Waals surface area contributed by atoms with E-state index in [9.17, 15) is 9.59 Å². The fraction of sp³-hybridized carbons (Fsp3) is 0.360. The van der Waals surface area contributed by atoms with Crippen LogP contribution in [-0.4, -0.2) is 63.9 Å². The van der Waals surface area contributed by atoms with E-state index in [4.69, 9.17) is 4.74 Å². The maximum atomic E-state index is 12.8. The molecule has 1 saturated heterocycles. The molecule has 0 saturated carbocycles. The Morgan fingerprint density at radius 2 is 1.59 bits per heavy atom. The molecule has 166 valence electrons. The van der Waals surface area contributed by atoms with Crippen LogP contribution in [0.15, 0.2) is 48.5 Å². The molecule has 7 nitrogen and oxygen atoms in total. The van der Waals surface area contributed by atoms with Gasteiger partial charge in [0.05, 0.1) is 28.0 Å². The topological polar surface area (TPSA) is 75.6 Å². The SMILES string of the molecule is Cc1nc2ccc(C(=O)OC(C)C(=O)N3CCN(Cc4ccccc4)CC3)cc2nc1C. The molecule has 2 heterocycles. The summed E-state index contributed by atoms with van der Waals surface area (Å²) in [6, 6.07) is 15.4. The Kier molecular flexibility index (Phi) is 6.46. The molecule has 0 spiro atoms. The lowest BCUT2D eigenvalue weighted by Gasteiger charge is -2.35. The maximum absolute atomic E-state index is 12.8. The van der Waals surface area contributed by atoms with Crippen LogP contribution in [0.5, 0.6) is 0 Å². The van der Waals surface area contributed by atoms with Crippen molar-refractivity contribution >= 4 is 22.9 Å². The van der Waals surface area contributed by atoms with E-state index < -0.39 is 12.1 Å². The zero-order valence-corrected chi connectivity index (χ0v) is 18.7. The Balaban J connectivity index is 1.33. The summed E-state index contributed by atoms with van der Waals surface area (Å²) in [6.45, 7) is 9.12. The zero-order valence-electron chi connectivity index (χ0n) is 18.7. The first-order chi connectivity index (χ1) is 15.4. The third kappa shape index (κ3) is 4.94. The molecule has 7 heteroatoms. The van der Waals surface area contributed by atoms with E-state index in [1.165, 1.54) is 5.56 Å². The number of ether oxygens (including phenoxy) is 1. The highest BCUT2D eigenvalue weighted by Crippen LogP contribution is 2.16. The number of rotatable bonds is 5. The van der Waals surface area contributed by atoms with Crippen molar-refractivity contribution in [1.29, 1.82) is 0 Å². The molecule has 0 radical (unpaired) electrons. The van der Waals surface area contributed by atoms with Crippen molar-refractivity contribution in [3.63, 3.8) is 0 Å². The number of carbonyl (C=O) groups excluding carboxylic acids is 2. The highest BCUT2D eigenvalue weighted by molar-refractivity contribution is 5.95. The molecule has 1 aromatic heterocycles. The summed E-state index contributed by atoms with van der Waals surface area (Å²) in [5.74, 6) is -0.694. The van der Waals surface area contributed by atoms with Crippen molar-refractivity contribution in [2.24, 2.45) is 0 Å². The molecule has 0 N–H and O–H groups in total. The molecule has 2 aromatic carbocycles. The summed E-state index contributed by atoms with van der Waals surface area (Å²) >= 11 is 0. The molecule has 1 aliphatic heterocycles. The van der Waals surface area contributed by atoms with Gasteiger partial charge in [0.15, 0.2) is 6.10 Å². The molecular formula is C25H28N4O3. The number of benzene rings is 2. The Labute approximate surface area is 188 Å². The lowest BCUT2D eigenvalue weighted by Crippen LogP contribution is -2.51. The van der Waals surface area contributed by atoms with E-state index >= 15 is 0 Å². The van der Waals surface area contributed by atoms with E-state index in [0.717, 1.165) is 36.5 Å². The minimum Gasteiger partial charge on any atom is -0.449 e. The number of amides is 1. The van der Waals surface area contributed by atoms with Gasteiger partial charge in [0, 0.05) is 32.7 Å². The lowest BCUT2D eigenvalue weighted by atomic mass is 10.1. The third-order valence-electron chi connectivity index (χ3n) is 5.88. The van der Waals surface area contributed by atoms with Crippen LogP contribution in [0.4, 0.5) is 0 Å². The number of hydrogen-bond acceptors (Lipinski definition) is 6. The Morgan fingerprint density at radius 3 is 2.28 bits per heavy atom. The van der Waals surface area contributed by atoms with Crippen LogP contribution in [-0.2, 0) is 16.1 Å². The first-order valence-electron chi connectivity index (χ1n) is 10.9. The summed E-state index contributed by atoms with van der Waals surface area (Å²) in [6.07, 6.45) is -0.843. The number of piperazine rings is 1. The number of aromatic nitrogens is 2. The molecule has 1 amide bonds. The van der Waals surface area contributed by atoms with Gasteiger partial charge in [-0.15, -0.1) is 0 Å². The summed E-state index contributed by atoms with van der Waals surface area (Å²) in [5.41, 5.74) is 4.66. The third-order valence-corrected chi connectivity index (χ3v) is 5.88.